The second-order valence-corrected chi connectivity index (χ2v) is 4.59. The van der Waals surface area contributed by atoms with Crippen LogP contribution in [0.3, 0.4) is 0 Å². The zero-order valence-electron chi connectivity index (χ0n) is 11.7. The molecule has 114 valence electrons. The van der Waals surface area contributed by atoms with E-state index in [1.807, 2.05) is 0 Å². The monoisotopic (exact) mass is 302 g/mol. The first kappa shape index (κ1) is 15.5. The number of primary amides is 1. The predicted octanol–water partition coefficient (Wildman–Crippen LogP) is 1.62. The molecule has 0 aliphatic rings. The van der Waals surface area contributed by atoms with Crippen LogP contribution in [-0.2, 0) is 11.3 Å². The molecule has 0 fully saturated rings. The van der Waals surface area contributed by atoms with Gasteiger partial charge >= 0.3 is 0 Å². The summed E-state index contributed by atoms with van der Waals surface area (Å²) in [6, 6.07) is 12.2. The molecule has 6 heteroatoms. The van der Waals surface area contributed by atoms with Gasteiger partial charge in [-0.2, -0.15) is 0 Å². The van der Waals surface area contributed by atoms with Gasteiger partial charge in [0, 0.05) is 18.2 Å². The van der Waals surface area contributed by atoms with E-state index in [-0.39, 0.29) is 24.8 Å². The topological polar surface area (TPSA) is 81.4 Å². The normalized spacial score (nSPS) is 10.0. The third-order valence-corrected chi connectivity index (χ3v) is 2.87. The van der Waals surface area contributed by atoms with E-state index in [2.05, 4.69) is 5.32 Å². The predicted molar refractivity (Wildman–Crippen MR) is 78.7 cm³/mol. The minimum atomic E-state index is -0.525. The Morgan fingerprint density at radius 1 is 1.14 bits per heavy atom. The van der Waals surface area contributed by atoms with Crippen LogP contribution in [-0.4, -0.2) is 18.4 Å². The van der Waals surface area contributed by atoms with Crippen molar-refractivity contribution in [3.8, 4) is 5.75 Å². The Hall–Kier alpha value is -2.89. The standard InChI is InChI=1S/C16H15FN2O3/c17-13-5-2-6-14(8-13)22-10-15(20)19-9-11-3-1-4-12(7-11)16(18)21/h1-8H,9-10H2,(H2,18,21)(H,19,20). The smallest absolute Gasteiger partial charge is 0.258 e. The van der Waals surface area contributed by atoms with E-state index in [4.69, 9.17) is 10.5 Å². The number of carbonyl (C=O) groups is 2. The molecule has 2 aromatic carbocycles. The molecule has 0 atom stereocenters. The lowest BCUT2D eigenvalue weighted by atomic mass is 10.1. The lowest BCUT2D eigenvalue weighted by Crippen LogP contribution is -2.28. The maximum absolute atomic E-state index is 12.9. The van der Waals surface area contributed by atoms with Gasteiger partial charge in [0.05, 0.1) is 0 Å². The second-order valence-electron chi connectivity index (χ2n) is 4.59. The van der Waals surface area contributed by atoms with Crippen LogP contribution in [0.4, 0.5) is 4.39 Å². The van der Waals surface area contributed by atoms with Crippen molar-refractivity contribution in [2.45, 2.75) is 6.54 Å². The highest BCUT2D eigenvalue weighted by Gasteiger charge is 2.05. The van der Waals surface area contributed by atoms with E-state index in [9.17, 15) is 14.0 Å². The van der Waals surface area contributed by atoms with Gasteiger partial charge < -0.3 is 15.8 Å². The largest absolute Gasteiger partial charge is 0.484 e. The van der Waals surface area contributed by atoms with Crippen molar-refractivity contribution < 1.29 is 18.7 Å². The second kappa shape index (κ2) is 7.21. The molecule has 0 aliphatic heterocycles. The summed E-state index contributed by atoms with van der Waals surface area (Å²) < 4.78 is 18.1. The van der Waals surface area contributed by atoms with E-state index < -0.39 is 11.7 Å². The highest BCUT2D eigenvalue weighted by molar-refractivity contribution is 5.92. The van der Waals surface area contributed by atoms with Crippen molar-refractivity contribution in [2.75, 3.05) is 6.61 Å². The van der Waals surface area contributed by atoms with Gasteiger partial charge in [0.2, 0.25) is 5.91 Å². The highest BCUT2D eigenvalue weighted by atomic mass is 19.1. The summed E-state index contributed by atoms with van der Waals surface area (Å²) in [6.45, 7) is 0.0193. The number of halogens is 1. The molecular formula is C16H15FN2O3. The Kier molecular flexibility index (Phi) is 5.08. The highest BCUT2D eigenvalue weighted by Crippen LogP contribution is 2.11. The molecule has 5 nitrogen and oxygen atoms in total. The fraction of sp³-hybridized carbons (Fsp3) is 0.125. The van der Waals surface area contributed by atoms with Crippen LogP contribution in [0.15, 0.2) is 48.5 Å². The summed E-state index contributed by atoms with van der Waals surface area (Å²) >= 11 is 0. The maximum Gasteiger partial charge on any atom is 0.258 e. The van der Waals surface area contributed by atoms with Crippen molar-refractivity contribution in [1.29, 1.82) is 0 Å². The number of rotatable bonds is 6. The molecule has 0 saturated heterocycles. The lowest BCUT2D eigenvalue weighted by Gasteiger charge is -2.08. The molecule has 0 aliphatic carbocycles. The molecule has 2 aromatic rings. The Morgan fingerprint density at radius 3 is 2.64 bits per heavy atom. The number of hydrogen-bond acceptors (Lipinski definition) is 3. The van der Waals surface area contributed by atoms with Crippen LogP contribution < -0.4 is 15.8 Å². The molecule has 0 bridgehead atoms. The number of hydrogen-bond donors (Lipinski definition) is 2. The van der Waals surface area contributed by atoms with Gasteiger partial charge in [-0.05, 0) is 29.8 Å². The molecule has 0 saturated carbocycles. The maximum atomic E-state index is 12.9. The van der Waals surface area contributed by atoms with E-state index >= 15 is 0 Å². The minimum Gasteiger partial charge on any atom is -0.484 e. The van der Waals surface area contributed by atoms with Gasteiger partial charge in [-0.3, -0.25) is 9.59 Å². The first-order valence-electron chi connectivity index (χ1n) is 6.58. The van der Waals surface area contributed by atoms with Crippen molar-refractivity contribution in [2.24, 2.45) is 5.73 Å². The van der Waals surface area contributed by atoms with Crippen molar-refractivity contribution in [3.63, 3.8) is 0 Å². The van der Waals surface area contributed by atoms with Gasteiger partial charge in [0.1, 0.15) is 11.6 Å². The minimum absolute atomic E-state index is 0.223. The average Bonchev–Trinajstić information content (AvgIpc) is 2.51. The third-order valence-electron chi connectivity index (χ3n) is 2.87. The summed E-state index contributed by atoms with van der Waals surface area (Å²) in [7, 11) is 0. The summed E-state index contributed by atoms with van der Waals surface area (Å²) in [4.78, 5) is 22.7. The van der Waals surface area contributed by atoms with Crippen LogP contribution in [0.25, 0.3) is 0 Å². The summed E-state index contributed by atoms with van der Waals surface area (Å²) in [6.07, 6.45) is 0. The fourth-order valence-electron chi connectivity index (χ4n) is 1.79. The summed E-state index contributed by atoms with van der Waals surface area (Å²) in [5.74, 6) is -1.02. The van der Waals surface area contributed by atoms with Gasteiger partial charge in [0.15, 0.2) is 6.61 Å². The van der Waals surface area contributed by atoms with Gasteiger partial charge in [-0.15, -0.1) is 0 Å². The lowest BCUT2D eigenvalue weighted by molar-refractivity contribution is -0.123. The molecular weight excluding hydrogens is 287 g/mol. The fourth-order valence-corrected chi connectivity index (χ4v) is 1.79. The Labute approximate surface area is 126 Å². The number of nitrogens with two attached hydrogens (primary N) is 1. The molecule has 22 heavy (non-hydrogen) atoms. The van der Waals surface area contributed by atoms with Crippen LogP contribution in [0.1, 0.15) is 15.9 Å². The number of benzene rings is 2. The van der Waals surface area contributed by atoms with E-state index in [1.54, 1.807) is 30.3 Å². The third kappa shape index (κ3) is 4.59. The van der Waals surface area contributed by atoms with E-state index in [0.29, 0.717) is 5.56 Å². The van der Waals surface area contributed by atoms with Crippen molar-refractivity contribution in [1.82, 2.24) is 5.32 Å². The molecule has 0 radical (unpaired) electrons. The average molecular weight is 302 g/mol. The van der Waals surface area contributed by atoms with Crippen LogP contribution in [0, 0.1) is 5.82 Å². The number of carbonyl (C=O) groups excluding carboxylic acids is 2. The van der Waals surface area contributed by atoms with Crippen LogP contribution in [0.2, 0.25) is 0 Å². The first-order valence-corrected chi connectivity index (χ1v) is 6.58. The zero-order valence-corrected chi connectivity index (χ0v) is 11.7. The molecule has 2 rings (SSSR count). The van der Waals surface area contributed by atoms with E-state index in [0.717, 1.165) is 5.56 Å². The summed E-state index contributed by atoms with van der Waals surface area (Å²) in [5.41, 5.74) is 6.31. The number of ether oxygens (including phenoxy) is 1. The van der Waals surface area contributed by atoms with Crippen LogP contribution in [0.5, 0.6) is 5.75 Å². The Bertz CT molecular complexity index is 689. The zero-order chi connectivity index (χ0) is 15.9. The van der Waals surface area contributed by atoms with Crippen molar-refractivity contribution >= 4 is 11.8 Å². The first-order chi connectivity index (χ1) is 10.5. The summed E-state index contributed by atoms with van der Waals surface area (Å²) in [5, 5.41) is 2.64. The molecule has 0 unspecified atom stereocenters. The van der Waals surface area contributed by atoms with Gasteiger partial charge in [-0.25, -0.2) is 4.39 Å². The molecule has 0 spiro atoms. The Balaban J connectivity index is 1.83. The molecule has 0 aromatic heterocycles. The van der Waals surface area contributed by atoms with E-state index in [1.165, 1.54) is 18.2 Å². The van der Waals surface area contributed by atoms with Gasteiger partial charge in [-0.1, -0.05) is 18.2 Å². The van der Waals surface area contributed by atoms with Gasteiger partial charge in [0.25, 0.3) is 5.91 Å². The number of nitrogens with one attached hydrogen (secondary N) is 1. The molecule has 0 heterocycles. The van der Waals surface area contributed by atoms with Crippen LogP contribution >= 0.6 is 0 Å². The SMILES string of the molecule is NC(=O)c1cccc(CNC(=O)COc2cccc(F)c2)c1. The quantitative estimate of drug-likeness (QED) is 0.850. The Morgan fingerprint density at radius 2 is 1.91 bits per heavy atom. The number of amides is 2. The molecule has 2 amide bonds. The van der Waals surface area contributed by atoms with Crippen molar-refractivity contribution in [3.05, 3.63) is 65.5 Å². The molecule has 3 N–H and O–H groups in total.